The first kappa shape index (κ1) is 40.2. The van der Waals surface area contributed by atoms with Gasteiger partial charge < -0.3 is 13.7 Å². The van der Waals surface area contributed by atoms with Crippen molar-refractivity contribution in [3.63, 3.8) is 0 Å². The third-order valence-corrected chi connectivity index (χ3v) is 13.9. The van der Waals surface area contributed by atoms with Gasteiger partial charge in [0, 0.05) is 49.0 Å². The van der Waals surface area contributed by atoms with Gasteiger partial charge >= 0.3 is 0 Å². The average Bonchev–Trinajstić information content (AvgIpc) is 4.08. The molecule has 7 nitrogen and oxygen atoms in total. The van der Waals surface area contributed by atoms with E-state index in [0.717, 1.165) is 99.0 Å². The number of nitriles is 1. The maximum Gasteiger partial charge on any atom is 0.167 e. The van der Waals surface area contributed by atoms with Crippen LogP contribution in [0.25, 0.3) is 128 Å². The molecule has 0 N–H and O–H groups in total. The molecule has 0 fully saturated rings. The molecule has 14 rings (SSSR count). The highest BCUT2D eigenvalue weighted by Gasteiger charge is 2.35. The fourth-order valence-electron chi connectivity index (χ4n) is 11.0. The summed E-state index contributed by atoms with van der Waals surface area (Å²) in [6.45, 7) is 0. The van der Waals surface area contributed by atoms with Gasteiger partial charge in [-0.15, -0.1) is 0 Å². The number of hydrogen-bond donors (Lipinski definition) is 0. The van der Waals surface area contributed by atoms with Crippen molar-refractivity contribution >= 4 is 65.4 Å². The number of rotatable bonds is 7. The number of hydrogen-bond acceptors (Lipinski definition) is 4. The second-order valence-corrected chi connectivity index (χ2v) is 17.8. The zero-order chi connectivity index (χ0) is 47.0. The zero-order valence-corrected chi connectivity index (χ0v) is 38.1. The maximum absolute atomic E-state index is 12.6. The lowest BCUT2D eigenvalue weighted by molar-refractivity contribution is 1.04. The fourth-order valence-corrected chi connectivity index (χ4v) is 11.0. The first-order valence-corrected chi connectivity index (χ1v) is 23.8. The van der Waals surface area contributed by atoms with Gasteiger partial charge in [0.1, 0.15) is 6.07 Å². The van der Waals surface area contributed by atoms with Gasteiger partial charge in [0.05, 0.1) is 61.3 Å². The molecule has 0 spiro atoms. The van der Waals surface area contributed by atoms with Crippen LogP contribution in [0.2, 0.25) is 0 Å². The Kier molecular flexibility index (Phi) is 9.13. The molecule has 0 bridgehead atoms. The summed E-state index contributed by atoms with van der Waals surface area (Å²) in [5, 5.41) is 19.1. The van der Waals surface area contributed by atoms with E-state index in [0.29, 0.717) is 34.3 Å². The number of nitrogens with zero attached hydrogens (tertiary/aromatic N) is 7. The standard InChI is InChI=1S/C64H39N7/c65-40-50-58(64-67-62(42-24-6-2-7-25-42)66-63(68-64)43-26-8-3-9-27-43)60(70-53-36-18-12-30-46(53)47-31-13-19-37-54(47)70)57(41-22-4-1-5-23-41)61(71-55-38-20-14-32-48(55)49-33-15-21-39-56(49)71)59(50)69-51-34-16-10-28-44(51)45-29-11-17-35-52(45)69/h1-39H. The number of aromatic nitrogens is 6. The van der Waals surface area contributed by atoms with Gasteiger partial charge in [-0.05, 0) is 42.0 Å². The summed E-state index contributed by atoms with van der Waals surface area (Å²) in [5.41, 5.74) is 12.7. The molecule has 71 heavy (non-hydrogen) atoms. The van der Waals surface area contributed by atoms with Crippen molar-refractivity contribution in [2.45, 2.75) is 0 Å². The van der Waals surface area contributed by atoms with Crippen LogP contribution in [0.1, 0.15) is 5.56 Å². The van der Waals surface area contributed by atoms with E-state index in [-0.39, 0.29) is 0 Å². The van der Waals surface area contributed by atoms with E-state index in [1.54, 1.807) is 0 Å². The van der Waals surface area contributed by atoms with Crippen molar-refractivity contribution in [2.75, 3.05) is 0 Å². The first-order chi connectivity index (χ1) is 35.2. The minimum atomic E-state index is 0.374. The highest BCUT2D eigenvalue weighted by atomic mass is 15.1. The summed E-state index contributed by atoms with van der Waals surface area (Å²) in [6, 6.07) is 85.0. The molecule has 0 atom stereocenters. The van der Waals surface area contributed by atoms with Crippen molar-refractivity contribution in [3.8, 4) is 68.4 Å². The molecule has 14 aromatic rings. The summed E-state index contributed by atoms with van der Waals surface area (Å²) in [5.74, 6) is 1.37. The van der Waals surface area contributed by atoms with E-state index in [9.17, 15) is 5.26 Å². The van der Waals surface area contributed by atoms with Crippen LogP contribution in [0.3, 0.4) is 0 Å². The van der Waals surface area contributed by atoms with Crippen molar-refractivity contribution in [2.24, 2.45) is 0 Å². The highest BCUT2D eigenvalue weighted by molar-refractivity contribution is 6.16. The molecule has 0 saturated heterocycles. The number of fused-ring (bicyclic) bond motifs is 9. The summed E-state index contributed by atoms with van der Waals surface area (Å²) < 4.78 is 7.06. The molecule has 0 aliphatic heterocycles. The monoisotopic (exact) mass is 905 g/mol. The van der Waals surface area contributed by atoms with Crippen LogP contribution in [0.4, 0.5) is 0 Å². The Labute approximate surface area is 408 Å². The molecule has 0 aliphatic carbocycles. The van der Waals surface area contributed by atoms with E-state index in [1.165, 1.54) is 0 Å². The Hall–Kier alpha value is -9.90. The van der Waals surface area contributed by atoms with Crippen LogP contribution < -0.4 is 0 Å². The SMILES string of the molecule is N#Cc1c(-c2nc(-c3ccccc3)nc(-c3ccccc3)n2)c(-n2c3ccccc3c3ccccc32)c(-c2ccccc2)c(-n2c3ccccc3c3ccccc32)c1-n1c2ccccc2c2ccccc21. The summed E-state index contributed by atoms with van der Waals surface area (Å²) in [6.07, 6.45) is 0. The molecular formula is C64H39N7. The van der Waals surface area contributed by atoms with Gasteiger partial charge in [-0.2, -0.15) is 5.26 Å². The molecule has 0 aliphatic rings. The van der Waals surface area contributed by atoms with E-state index in [2.05, 4.69) is 196 Å². The average molecular weight is 906 g/mol. The van der Waals surface area contributed by atoms with Crippen molar-refractivity contribution < 1.29 is 0 Å². The molecule has 0 amide bonds. The van der Waals surface area contributed by atoms with Gasteiger partial charge in [0.25, 0.3) is 0 Å². The van der Waals surface area contributed by atoms with Gasteiger partial charge in [-0.1, -0.05) is 200 Å². The van der Waals surface area contributed by atoms with Gasteiger partial charge in [-0.3, -0.25) is 0 Å². The van der Waals surface area contributed by atoms with Crippen LogP contribution in [0.15, 0.2) is 237 Å². The van der Waals surface area contributed by atoms with E-state index < -0.39 is 0 Å². The molecule has 4 aromatic heterocycles. The molecule has 0 unspecified atom stereocenters. The van der Waals surface area contributed by atoms with Gasteiger partial charge in [0.2, 0.25) is 0 Å². The fraction of sp³-hybridized carbons (Fsp3) is 0. The second kappa shape index (κ2) is 16.1. The van der Waals surface area contributed by atoms with E-state index in [1.807, 2.05) is 60.7 Å². The predicted octanol–water partition coefficient (Wildman–Crippen LogP) is 15.7. The summed E-state index contributed by atoms with van der Waals surface area (Å²) >= 11 is 0. The number of para-hydroxylation sites is 6. The number of benzene rings is 10. The smallest absolute Gasteiger partial charge is 0.167 e. The quantitative estimate of drug-likeness (QED) is 0.160. The maximum atomic E-state index is 12.6. The van der Waals surface area contributed by atoms with Crippen LogP contribution >= 0.6 is 0 Å². The van der Waals surface area contributed by atoms with Crippen molar-refractivity contribution in [1.29, 1.82) is 5.26 Å². The molecular weight excluding hydrogens is 867 g/mol. The van der Waals surface area contributed by atoms with Crippen LogP contribution in [0.5, 0.6) is 0 Å². The lowest BCUT2D eigenvalue weighted by Gasteiger charge is -2.28. The molecule has 0 radical (unpaired) electrons. The summed E-state index contributed by atoms with van der Waals surface area (Å²) in [7, 11) is 0. The highest BCUT2D eigenvalue weighted by Crippen LogP contribution is 2.51. The lowest BCUT2D eigenvalue weighted by Crippen LogP contribution is -2.15. The Morgan fingerprint density at radius 2 is 0.549 bits per heavy atom. The molecule has 7 heteroatoms. The topological polar surface area (TPSA) is 77.2 Å². The Bertz CT molecular complexity index is 4240. The minimum absolute atomic E-state index is 0.374. The lowest BCUT2D eigenvalue weighted by atomic mass is 9.90. The molecule has 0 saturated carbocycles. The van der Waals surface area contributed by atoms with Crippen molar-refractivity contribution in [1.82, 2.24) is 28.7 Å². The Morgan fingerprint density at radius 3 is 0.901 bits per heavy atom. The normalized spacial score (nSPS) is 11.6. The van der Waals surface area contributed by atoms with Crippen LogP contribution in [0, 0.1) is 11.3 Å². The van der Waals surface area contributed by atoms with Gasteiger partial charge in [0.15, 0.2) is 17.5 Å². The third kappa shape index (κ3) is 6.12. The first-order valence-electron chi connectivity index (χ1n) is 23.8. The van der Waals surface area contributed by atoms with Crippen LogP contribution in [-0.2, 0) is 0 Å². The Morgan fingerprint density at radius 1 is 0.268 bits per heavy atom. The minimum Gasteiger partial charge on any atom is -0.308 e. The largest absolute Gasteiger partial charge is 0.308 e. The summed E-state index contributed by atoms with van der Waals surface area (Å²) in [4.78, 5) is 16.2. The molecule has 330 valence electrons. The predicted molar refractivity (Wildman–Crippen MR) is 289 cm³/mol. The Balaban J connectivity index is 1.32. The van der Waals surface area contributed by atoms with Crippen molar-refractivity contribution in [3.05, 3.63) is 242 Å². The van der Waals surface area contributed by atoms with E-state index in [4.69, 9.17) is 15.0 Å². The molecule has 4 heterocycles. The molecule has 10 aromatic carbocycles. The second-order valence-electron chi connectivity index (χ2n) is 17.8. The van der Waals surface area contributed by atoms with E-state index >= 15 is 0 Å². The van der Waals surface area contributed by atoms with Gasteiger partial charge in [-0.25, -0.2) is 15.0 Å². The van der Waals surface area contributed by atoms with Crippen LogP contribution in [-0.4, -0.2) is 28.7 Å². The zero-order valence-electron chi connectivity index (χ0n) is 38.1. The third-order valence-electron chi connectivity index (χ3n) is 13.9.